The number of nitrogens with zero attached hydrogens (tertiary/aromatic N) is 1. The van der Waals surface area contributed by atoms with E-state index in [9.17, 15) is 9.59 Å². The van der Waals surface area contributed by atoms with Gasteiger partial charge in [-0.1, -0.05) is 30.3 Å². The van der Waals surface area contributed by atoms with Gasteiger partial charge in [0.15, 0.2) is 6.10 Å². The van der Waals surface area contributed by atoms with Crippen molar-refractivity contribution in [3.8, 4) is 0 Å². The number of carbonyl (C=O) groups is 2. The van der Waals surface area contributed by atoms with Crippen molar-refractivity contribution < 1.29 is 24.2 Å². The molecule has 1 aliphatic rings. The first-order valence-electron chi connectivity index (χ1n) is 7.34. The van der Waals surface area contributed by atoms with E-state index in [1.807, 2.05) is 30.3 Å². The maximum Gasteiger partial charge on any atom is 0.407 e. The van der Waals surface area contributed by atoms with Crippen LogP contribution in [0.15, 0.2) is 30.3 Å². The molecule has 1 aliphatic heterocycles. The van der Waals surface area contributed by atoms with Crippen molar-refractivity contribution in [3.63, 3.8) is 0 Å². The molecule has 1 amide bonds. The number of benzene rings is 1. The Balaban J connectivity index is 1.97. The molecule has 0 aromatic heterocycles. The van der Waals surface area contributed by atoms with Crippen molar-refractivity contribution in [1.82, 2.24) is 4.90 Å². The lowest BCUT2D eigenvalue weighted by molar-refractivity contribution is -0.156. The Morgan fingerprint density at radius 1 is 1.36 bits per heavy atom. The lowest BCUT2D eigenvalue weighted by Crippen LogP contribution is -2.39. The number of hydrogen-bond acceptors (Lipinski definition) is 4. The molecule has 1 fully saturated rings. The number of likely N-dealkylation sites (tertiary alicyclic amines) is 1. The van der Waals surface area contributed by atoms with E-state index in [-0.39, 0.29) is 6.04 Å². The largest absolute Gasteiger partial charge is 0.467 e. The number of amides is 1. The zero-order valence-electron chi connectivity index (χ0n) is 12.6. The summed E-state index contributed by atoms with van der Waals surface area (Å²) >= 11 is 0. The summed E-state index contributed by atoms with van der Waals surface area (Å²) in [5.74, 6) is -0.465. The second-order valence-electron chi connectivity index (χ2n) is 5.32. The second kappa shape index (κ2) is 7.79. The average molecular weight is 307 g/mol. The fourth-order valence-electron chi connectivity index (χ4n) is 2.71. The maximum absolute atomic E-state index is 11.9. The summed E-state index contributed by atoms with van der Waals surface area (Å²) < 4.78 is 10.5. The number of esters is 1. The molecule has 22 heavy (non-hydrogen) atoms. The third-order valence-corrected chi connectivity index (χ3v) is 3.87. The smallest absolute Gasteiger partial charge is 0.407 e. The Labute approximate surface area is 129 Å². The van der Waals surface area contributed by atoms with Crippen LogP contribution < -0.4 is 0 Å². The van der Waals surface area contributed by atoms with Gasteiger partial charge in [0.05, 0.1) is 13.7 Å². The summed E-state index contributed by atoms with van der Waals surface area (Å²) in [4.78, 5) is 24.4. The maximum atomic E-state index is 11.9. The highest BCUT2D eigenvalue weighted by atomic mass is 16.6. The van der Waals surface area contributed by atoms with Gasteiger partial charge in [0.1, 0.15) is 0 Å². The highest BCUT2D eigenvalue weighted by Gasteiger charge is 2.33. The number of carboxylic acid groups (broad SMARTS) is 1. The third-order valence-electron chi connectivity index (χ3n) is 3.87. The molecule has 0 bridgehead atoms. The second-order valence-corrected chi connectivity index (χ2v) is 5.32. The number of ether oxygens (including phenoxy) is 2. The standard InChI is InChI=1S/C16H21NO5/c1-21-15(18)14(22-11-12-6-3-2-4-7-12)10-13-8-5-9-17(13)16(19)20/h2-4,6-7,13-14H,5,8-11H2,1H3,(H,19,20)/t13-,14?/m0/s1. The molecule has 1 unspecified atom stereocenters. The Morgan fingerprint density at radius 2 is 2.09 bits per heavy atom. The van der Waals surface area contributed by atoms with Gasteiger partial charge < -0.3 is 19.5 Å². The van der Waals surface area contributed by atoms with E-state index in [2.05, 4.69) is 0 Å². The zero-order chi connectivity index (χ0) is 15.9. The van der Waals surface area contributed by atoms with E-state index in [1.54, 1.807) is 0 Å². The molecule has 6 heteroatoms. The van der Waals surface area contributed by atoms with Crippen LogP contribution >= 0.6 is 0 Å². The molecule has 1 N–H and O–H groups in total. The first-order chi connectivity index (χ1) is 10.6. The van der Waals surface area contributed by atoms with Crippen LogP contribution in [0, 0.1) is 0 Å². The Bertz CT molecular complexity index is 505. The predicted molar refractivity (Wildman–Crippen MR) is 79.4 cm³/mol. The molecule has 1 aromatic rings. The topological polar surface area (TPSA) is 76.1 Å². The fraction of sp³-hybridized carbons (Fsp3) is 0.500. The van der Waals surface area contributed by atoms with Crippen LogP contribution in [0.1, 0.15) is 24.8 Å². The van der Waals surface area contributed by atoms with Crippen molar-refractivity contribution in [2.75, 3.05) is 13.7 Å². The minimum Gasteiger partial charge on any atom is -0.467 e. The Kier molecular flexibility index (Phi) is 5.77. The molecule has 2 atom stereocenters. The number of methoxy groups -OCH3 is 1. The van der Waals surface area contributed by atoms with E-state index in [0.29, 0.717) is 19.6 Å². The normalized spacial score (nSPS) is 19.0. The van der Waals surface area contributed by atoms with Crippen molar-refractivity contribution >= 4 is 12.1 Å². The molecule has 0 saturated carbocycles. The minimum absolute atomic E-state index is 0.197. The van der Waals surface area contributed by atoms with Crippen molar-refractivity contribution in [2.45, 2.75) is 38.0 Å². The van der Waals surface area contributed by atoms with Crippen molar-refractivity contribution in [1.29, 1.82) is 0 Å². The lowest BCUT2D eigenvalue weighted by atomic mass is 10.1. The Hall–Kier alpha value is -2.08. The summed E-state index contributed by atoms with van der Waals surface area (Å²) in [5, 5.41) is 9.17. The molecule has 0 aliphatic carbocycles. The number of rotatable bonds is 6. The highest BCUT2D eigenvalue weighted by Crippen LogP contribution is 2.23. The third kappa shape index (κ3) is 4.21. The predicted octanol–water partition coefficient (Wildman–Crippen LogP) is 2.28. The first-order valence-corrected chi connectivity index (χ1v) is 7.34. The van der Waals surface area contributed by atoms with Gasteiger partial charge in [0, 0.05) is 19.0 Å². The van der Waals surface area contributed by atoms with Gasteiger partial charge >= 0.3 is 12.1 Å². The first kappa shape index (κ1) is 16.3. The van der Waals surface area contributed by atoms with Crippen molar-refractivity contribution in [3.05, 3.63) is 35.9 Å². The van der Waals surface area contributed by atoms with E-state index >= 15 is 0 Å². The molecule has 1 saturated heterocycles. The summed E-state index contributed by atoms with van der Waals surface area (Å²) in [5.41, 5.74) is 0.956. The molecule has 120 valence electrons. The van der Waals surface area contributed by atoms with E-state index in [4.69, 9.17) is 14.6 Å². The van der Waals surface area contributed by atoms with Gasteiger partial charge in [-0.25, -0.2) is 9.59 Å². The average Bonchev–Trinajstić information content (AvgIpc) is 3.00. The van der Waals surface area contributed by atoms with E-state index in [0.717, 1.165) is 18.4 Å². The molecular weight excluding hydrogens is 286 g/mol. The molecule has 1 aromatic carbocycles. The number of hydrogen-bond donors (Lipinski definition) is 1. The van der Waals surface area contributed by atoms with Crippen LogP contribution in [0.2, 0.25) is 0 Å². The van der Waals surface area contributed by atoms with Gasteiger partial charge in [0.25, 0.3) is 0 Å². The van der Waals surface area contributed by atoms with E-state index in [1.165, 1.54) is 12.0 Å². The SMILES string of the molecule is COC(=O)C(C[C@@H]1CCCN1C(=O)O)OCc1ccccc1. The molecule has 1 heterocycles. The van der Waals surface area contributed by atoms with Crippen molar-refractivity contribution in [2.24, 2.45) is 0 Å². The van der Waals surface area contributed by atoms with Crippen LogP contribution in [0.25, 0.3) is 0 Å². The zero-order valence-corrected chi connectivity index (χ0v) is 12.6. The molecule has 2 rings (SSSR count). The fourth-order valence-corrected chi connectivity index (χ4v) is 2.71. The van der Waals surface area contributed by atoms with Crippen LogP contribution in [0.5, 0.6) is 0 Å². The lowest BCUT2D eigenvalue weighted by Gasteiger charge is -2.25. The summed E-state index contributed by atoms with van der Waals surface area (Å²) in [7, 11) is 1.31. The molecule has 6 nitrogen and oxygen atoms in total. The molecule has 0 spiro atoms. The summed E-state index contributed by atoms with van der Waals surface area (Å²) in [6.45, 7) is 0.799. The van der Waals surface area contributed by atoms with Gasteiger partial charge in [-0.2, -0.15) is 0 Å². The number of carbonyl (C=O) groups excluding carboxylic acids is 1. The molecule has 0 radical (unpaired) electrons. The van der Waals surface area contributed by atoms with Gasteiger partial charge in [-0.3, -0.25) is 0 Å². The monoisotopic (exact) mass is 307 g/mol. The minimum atomic E-state index is -0.950. The van der Waals surface area contributed by atoms with Gasteiger partial charge in [-0.15, -0.1) is 0 Å². The molecular formula is C16H21NO5. The van der Waals surface area contributed by atoms with E-state index < -0.39 is 18.2 Å². The van der Waals surface area contributed by atoms with Gasteiger partial charge in [0.2, 0.25) is 0 Å². The summed E-state index contributed by atoms with van der Waals surface area (Å²) in [6, 6.07) is 9.33. The van der Waals surface area contributed by atoms with Crippen LogP contribution in [0.4, 0.5) is 4.79 Å². The highest BCUT2D eigenvalue weighted by molar-refractivity contribution is 5.74. The quantitative estimate of drug-likeness (QED) is 0.816. The van der Waals surface area contributed by atoms with Crippen LogP contribution in [-0.4, -0.2) is 47.9 Å². The summed E-state index contributed by atoms with van der Waals surface area (Å²) in [6.07, 6.45) is 0.174. The Morgan fingerprint density at radius 3 is 2.73 bits per heavy atom. The van der Waals surface area contributed by atoms with Gasteiger partial charge in [-0.05, 0) is 18.4 Å². The van der Waals surface area contributed by atoms with Crippen LogP contribution in [-0.2, 0) is 20.9 Å². The van der Waals surface area contributed by atoms with Crippen LogP contribution in [0.3, 0.4) is 0 Å².